The first-order valence-corrected chi connectivity index (χ1v) is 6.01. The van der Waals surface area contributed by atoms with E-state index >= 15 is 0 Å². The van der Waals surface area contributed by atoms with Crippen molar-refractivity contribution in [2.24, 2.45) is 0 Å². The second-order valence-corrected chi connectivity index (χ2v) is 4.00. The van der Waals surface area contributed by atoms with Gasteiger partial charge < -0.3 is 4.74 Å². The Morgan fingerprint density at radius 1 is 1.05 bits per heavy atom. The highest BCUT2D eigenvalue weighted by Gasteiger charge is 2.01. The molecule has 2 aromatic rings. The van der Waals surface area contributed by atoms with Crippen molar-refractivity contribution in [2.75, 3.05) is 7.11 Å². The minimum Gasteiger partial charge on any atom is -0.497 e. The smallest absolute Gasteiger partial charge is 0.174 e. The monoisotopic (exact) mass is 250 g/mol. The number of Topliss-reactive ketones (excluding diaryl/α,β-unsaturated/α-hetero) is 1. The zero-order chi connectivity index (χ0) is 13.5. The molecular formula is C17H14O2. The van der Waals surface area contributed by atoms with Crippen molar-refractivity contribution in [3.05, 3.63) is 65.7 Å². The molecule has 0 bridgehead atoms. The highest BCUT2D eigenvalue weighted by atomic mass is 16.5. The van der Waals surface area contributed by atoms with Crippen LogP contribution in [0, 0.1) is 11.8 Å². The predicted molar refractivity (Wildman–Crippen MR) is 75.3 cm³/mol. The number of hydrogen-bond acceptors (Lipinski definition) is 2. The first kappa shape index (κ1) is 12.9. The maximum Gasteiger partial charge on any atom is 0.174 e. The molecule has 0 unspecified atom stereocenters. The van der Waals surface area contributed by atoms with Crippen molar-refractivity contribution >= 4 is 5.78 Å². The molecule has 19 heavy (non-hydrogen) atoms. The van der Waals surface area contributed by atoms with Gasteiger partial charge in [-0.1, -0.05) is 42.2 Å². The summed E-state index contributed by atoms with van der Waals surface area (Å²) >= 11 is 0. The second-order valence-electron chi connectivity index (χ2n) is 4.00. The van der Waals surface area contributed by atoms with Crippen LogP contribution >= 0.6 is 0 Å². The molecule has 2 nitrogen and oxygen atoms in total. The maximum absolute atomic E-state index is 11.8. The second kappa shape index (κ2) is 6.42. The molecule has 0 atom stereocenters. The Labute approximate surface area is 113 Å². The van der Waals surface area contributed by atoms with E-state index in [4.69, 9.17) is 4.74 Å². The Hall–Kier alpha value is -2.53. The van der Waals surface area contributed by atoms with E-state index in [2.05, 4.69) is 11.8 Å². The molecule has 0 saturated carbocycles. The van der Waals surface area contributed by atoms with E-state index in [0.29, 0.717) is 5.56 Å². The minimum absolute atomic E-state index is 0.0432. The number of rotatable bonds is 3. The molecule has 2 heteroatoms. The lowest BCUT2D eigenvalue weighted by Crippen LogP contribution is -1.96. The molecule has 0 radical (unpaired) electrons. The topological polar surface area (TPSA) is 26.3 Å². The van der Waals surface area contributed by atoms with E-state index in [0.717, 1.165) is 11.3 Å². The van der Waals surface area contributed by atoms with Crippen LogP contribution in [0.15, 0.2) is 54.6 Å². The summed E-state index contributed by atoms with van der Waals surface area (Å²) in [6.07, 6.45) is 0.232. The largest absolute Gasteiger partial charge is 0.497 e. The molecule has 0 aromatic heterocycles. The van der Waals surface area contributed by atoms with Crippen molar-refractivity contribution in [1.29, 1.82) is 0 Å². The van der Waals surface area contributed by atoms with Crippen LogP contribution in [-0.4, -0.2) is 12.9 Å². The van der Waals surface area contributed by atoms with Crippen LogP contribution in [0.1, 0.15) is 22.3 Å². The fraction of sp³-hybridized carbons (Fsp3) is 0.118. The average molecular weight is 250 g/mol. The molecular weight excluding hydrogens is 236 g/mol. The summed E-state index contributed by atoms with van der Waals surface area (Å²) in [4.78, 5) is 11.8. The summed E-state index contributed by atoms with van der Waals surface area (Å²) in [5.74, 6) is 6.71. The molecule has 2 rings (SSSR count). The van der Waals surface area contributed by atoms with Crippen molar-refractivity contribution in [2.45, 2.75) is 6.42 Å². The molecule has 0 N–H and O–H groups in total. The summed E-state index contributed by atoms with van der Waals surface area (Å²) in [7, 11) is 1.62. The van der Waals surface area contributed by atoms with Gasteiger partial charge in [-0.2, -0.15) is 0 Å². The molecule has 0 aliphatic rings. The summed E-state index contributed by atoms with van der Waals surface area (Å²) in [5.41, 5.74) is 1.58. The Bertz CT molecular complexity index is 601. The van der Waals surface area contributed by atoms with Gasteiger partial charge in [0.25, 0.3) is 0 Å². The van der Waals surface area contributed by atoms with E-state index in [1.807, 2.05) is 42.5 Å². The van der Waals surface area contributed by atoms with Gasteiger partial charge in [0.1, 0.15) is 5.75 Å². The number of carbonyl (C=O) groups excluding carboxylic acids is 1. The van der Waals surface area contributed by atoms with Gasteiger partial charge in [0.05, 0.1) is 13.5 Å². The van der Waals surface area contributed by atoms with Gasteiger partial charge in [-0.3, -0.25) is 4.79 Å². The minimum atomic E-state index is 0.0432. The van der Waals surface area contributed by atoms with Crippen molar-refractivity contribution in [1.82, 2.24) is 0 Å². The molecule has 0 saturated heterocycles. The number of ketones is 1. The highest BCUT2D eigenvalue weighted by Crippen LogP contribution is 2.10. The fourth-order valence-corrected chi connectivity index (χ4v) is 1.63. The SMILES string of the molecule is COc1ccc(C#CCC(=O)c2ccccc2)cc1. The van der Waals surface area contributed by atoms with Crippen LogP contribution in [0.3, 0.4) is 0 Å². The van der Waals surface area contributed by atoms with Crippen LogP contribution < -0.4 is 4.74 Å². The molecule has 0 spiro atoms. The normalized spacial score (nSPS) is 9.32. The van der Waals surface area contributed by atoms with Crippen LogP contribution in [0.25, 0.3) is 0 Å². The zero-order valence-corrected chi connectivity index (χ0v) is 10.7. The zero-order valence-electron chi connectivity index (χ0n) is 10.7. The van der Waals surface area contributed by atoms with E-state index in [1.165, 1.54) is 0 Å². The molecule has 0 fully saturated rings. The summed E-state index contributed by atoms with van der Waals surface area (Å²) in [6, 6.07) is 16.6. The molecule has 94 valence electrons. The number of methoxy groups -OCH3 is 1. The molecule has 2 aromatic carbocycles. The quantitative estimate of drug-likeness (QED) is 0.617. The molecule has 0 heterocycles. The lowest BCUT2D eigenvalue weighted by atomic mass is 10.1. The van der Waals surface area contributed by atoms with Gasteiger partial charge in [0.2, 0.25) is 0 Å². The van der Waals surface area contributed by atoms with Gasteiger partial charge in [-0.05, 0) is 24.3 Å². The third-order valence-corrected chi connectivity index (χ3v) is 2.67. The van der Waals surface area contributed by atoms with Crippen molar-refractivity contribution in [3.63, 3.8) is 0 Å². The van der Waals surface area contributed by atoms with E-state index < -0.39 is 0 Å². The number of ether oxygens (including phenoxy) is 1. The predicted octanol–water partition coefficient (Wildman–Crippen LogP) is 3.32. The Balaban J connectivity index is 1.99. The van der Waals surface area contributed by atoms with E-state index in [9.17, 15) is 4.79 Å². The van der Waals surface area contributed by atoms with Crippen molar-refractivity contribution < 1.29 is 9.53 Å². The average Bonchev–Trinajstić information content (AvgIpc) is 2.49. The van der Waals surface area contributed by atoms with Crippen LogP contribution in [0.5, 0.6) is 5.75 Å². The van der Waals surface area contributed by atoms with E-state index in [1.54, 1.807) is 19.2 Å². The first-order chi connectivity index (χ1) is 9.29. The van der Waals surface area contributed by atoms with Crippen LogP contribution in [0.4, 0.5) is 0 Å². The Morgan fingerprint density at radius 2 is 1.74 bits per heavy atom. The summed E-state index contributed by atoms with van der Waals surface area (Å²) < 4.78 is 5.07. The van der Waals surface area contributed by atoms with Crippen molar-refractivity contribution in [3.8, 4) is 17.6 Å². The fourth-order valence-electron chi connectivity index (χ4n) is 1.63. The Kier molecular flexibility index (Phi) is 4.36. The Morgan fingerprint density at radius 3 is 2.37 bits per heavy atom. The highest BCUT2D eigenvalue weighted by molar-refractivity contribution is 5.97. The molecule has 0 aliphatic carbocycles. The number of carbonyl (C=O) groups is 1. The molecule has 0 amide bonds. The first-order valence-electron chi connectivity index (χ1n) is 6.01. The summed E-state index contributed by atoms with van der Waals surface area (Å²) in [6.45, 7) is 0. The van der Waals surface area contributed by atoms with Crippen LogP contribution in [-0.2, 0) is 0 Å². The van der Waals surface area contributed by atoms with Gasteiger partial charge in [-0.25, -0.2) is 0 Å². The van der Waals surface area contributed by atoms with E-state index in [-0.39, 0.29) is 12.2 Å². The van der Waals surface area contributed by atoms with Gasteiger partial charge in [-0.15, -0.1) is 0 Å². The molecule has 0 aliphatic heterocycles. The maximum atomic E-state index is 11.8. The standard InChI is InChI=1S/C17H14O2/c1-19-16-12-10-14(11-13-16)6-5-9-17(18)15-7-3-2-4-8-15/h2-4,7-8,10-13H,9H2,1H3. The van der Waals surface area contributed by atoms with Crippen LogP contribution in [0.2, 0.25) is 0 Å². The lowest BCUT2D eigenvalue weighted by molar-refractivity contribution is 0.0998. The number of hydrogen-bond donors (Lipinski definition) is 0. The van der Waals surface area contributed by atoms with Gasteiger partial charge in [0.15, 0.2) is 5.78 Å². The van der Waals surface area contributed by atoms with Gasteiger partial charge in [0, 0.05) is 11.1 Å². The third-order valence-electron chi connectivity index (χ3n) is 2.67. The number of benzene rings is 2. The van der Waals surface area contributed by atoms with Gasteiger partial charge >= 0.3 is 0 Å². The lowest BCUT2D eigenvalue weighted by Gasteiger charge is -1.97. The third kappa shape index (κ3) is 3.72. The summed E-state index contributed by atoms with van der Waals surface area (Å²) in [5, 5.41) is 0.